The van der Waals surface area contributed by atoms with E-state index in [0.29, 0.717) is 162 Å². The lowest BCUT2D eigenvalue weighted by molar-refractivity contribution is -0.265. The molecular formula is C94H136N16O23. The van der Waals surface area contributed by atoms with Crippen LogP contribution in [0.4, 0.5) is 16.6 Å². The normalized spacial score (nSPS) is 26.0. The molecule has 39 heteroatoms. The van der Waals surface area contributed by atoms with Crippen molar-refractivity contribution in [3.8, 4) is 11.3 Å². The number of oxazole rings is 1. The number of oxime groups is 1. The maximum atomic E-state index is 15.1. The molecule has 0 radical (unpaired) electrons. The minimum atomic E-state index is -2.51. The number of aromatic nitrogens is 8. The molecule has 6 aromatic rings. The van der Waals surface area contributed by atoms with Gasteiger partial charge in [0, 0.05) is 102 Å². The number of allylic oxidation sites excluding steroid dienone is 6. The lowest BCUT2D eigenvalue weighted by atomic mass is 9.79. The Kier molecular flexibility index (Phi) is 42.7. The van der Waals surface area contributed by atoms with Crippen molar-refractivity contribution < 1.29 is 110 Å². The number of nitrogen functional groups attached to an aromatic ring is 2. The molecule has 2 saturated heterocycles. The van der Waals surface area contributed by atoms with Crippen molar-refractivity contribution in [3.63, 3.8) is 0 Å². The zero-order valence-electron chi connectivity index (χ0n) is 77.8. The molecule has 4 amide bonds. The van der Waals surface area contributed by atoms with Crippen LogP contribution >= 0.6 is 0 Å². The molecule has 3 aliphatic heterocycles. The average Bonchev–Trinajstić information content (AvgIpc) is 1.58. The number of esters is 1. The standard InChI is InChI=1S/C94H136N16O23/c1-60-19-11-9-12-20-61(2)77(121-7)54-70-27-24-65(6)94(120,133-70)87(116)90(117)108-35-17-15-23-75(108)91(118)131-78(55-72(106-130-57-66-21-13-10-14-22-66)62(3)50-64(5)85(114)86(115)84(113)63(4)49-60)71(95)51-67-25-28-74(79(52-67)122-8)110-56-69(104-107-110)58-129-93(119)100-34-40-126-44-48-128-46-42-124-38-31-81(112)99-33-39-125-43-47-127-45-41-123-37-30-80(111)98-32-16-18-36-109-89-82(88(96)101-59-102-89)83(105-109)68-26-29-76-73(53-68)103-92(97)132-76/h9-14,19-22,26,29,50,53,56,59-60,62-63,65,67,70-71,74-75,77-79,85-86,114-115,120H,15-18,23-25,27-28,30-49,51-52,54-55,57-58,95H2,1-8H3,(H2,97,103)(H,98,111)(H,99,112)(H,100,119)(H2,96,101,102)/b12-9+,19-11+,61-20+,64-50+,106-72-/t60-,62-,63-,65-,67+,70+,71-,74+,75+,77+,78+,79-,85-,86+,94-/m1/s1. The van der Waals surface area contributed by atoms with Crippen LogP contribution in [0.25, 0.3) is 33.4 Å². The maximum Gasteiger partial charge on any atom is 0.407 e. The van der Waals surface area contributed by atoms with Gasteiger partial charge in [-0.1, -0.05) is 105 Å². The van der Waals surface area contributed by atoms with Gasteiger partial charge in [-0.2, -0.15) is 10.1 Å². The van der Waals surface area contributed by atoms with Crippen molar-refractivity contribution in [2.45, 2.75) is 225 Å². The number of hydrogen-bond acceptors (Lipinski definition) is 33. The summed E-state index contributed by atoms with van der Waals surface area (Å²) in [6.45, 7) is 15.4. The predicted octanol–water partition coefficient (Wildman–Crippen LogP) is 7.62. The Hall–Kier alpha value is -10.4. The Balaban J connectivity index is 0.601. The summed E-state index contributed by atoms with van der Waals surface area (Å²) in [6.07, 6.45) is 13.7. The molecule has 2 bridgehead atoms. The first-order chi connectivity index (χ1) is 64.2. The summed E-state index contributed by atoms with van der Waals surface area (Å²) in [5.74, 6) is -8.41. The first kappa shape index (κ1) is 105. The van der Waals surface area contributed by atoms with Crippen LogP contribution < -0.4 is 33.2 Å². The van der Waals surface area contributed by atoms with Gasteiger partial charge in [-0.05, 0) is 138 Å². The minimum Gasteiger partial charge on any atom is -0.459 e. The molecule has 15 atom stereocenters. The van der Waals surface area contributed by atoms with Gasteiger partial charge in [0.05, 0.1) is 121 Å². The third kappa shape index (κ3) is 32.1. The fourth-order valence-electron chi connectivity index (χ4n) is 16.8. The van der Waals surface area contributed by atoms with Crippen LogP contribution in [-0.2, 0) is 105 Å². The Morgan fingerprint density at radius 2 is 1.42 bits per heavy atom. The Morgan fingerprint density at radius 1 is 0.729 bits per heavy atom. The third-order valence-corrected chi connectivity index (χ3v) is 24.4. The maximum absolute atomic E-state index is 15.1. The van der Waals surface area contributed by atoms with Crippen LogP contribution in [0.5, 0.6) is 0 Å². The number of amides is 4. The smallest absolute Gasteiger partial charge is 0.407 e. The second-order valence-electron chi connectivity index (χ2n) is 34.5. The monoisotopic (exact) mass is 1860 g/mol. The lowest BCUT2D eigenvalue weighted by Gasteiger charge is -2.42. The van der Waals surface area contributed by atoms with E-state index >= 15 is 4.79 Å². The number of benzene rings is 2. The predicted molar refractivity (Wildman–Crippen MR) is 491 cm³/mol. The first-order valence-corrected chi connectivity index (χ1v) is 46.3. The third-order valence-electron chi connectivity index (χ3n) is 24.4. The lowest BCUT2D eigenvalue weighted by Crippen LogP contribution is -2.61. The van der Waals surface area contributed by atoms with Crippen molar-refractivity contribution in [2.24, 2.45) is 40.5 Å². The number of aliphatic hydroxyl groups excluding tert-OH is 2. The SMILES string of the molecule is CO[C@H]1C[C@@H]2CC[C@@H](C)[C@@](O)(O2)C(=O)C(=O)N2CCCC[C@H]2C(=O)O[C@H]([C@H](N)C[C@@H]2CC[C@H](n3cc(COC(=O)NCCOCCOCCOCCC(=O)NCCOCCOCCOCCC(=O)NCCCCn4nc(-c5ccc6oc(N)nc6c5)c5c(N)ncnc54)nn3)[C@H](OC)C2)C/C(=N/OCc2ccccc2)[C@H](C)/C=C(\C)[C@@H](O)[C@@H](O)C(=O)[C@H](C)C[C@H](C)/C=C/C=C/C=C/1C. The van der Waals surface area contributed by atoms with Crippen molar-refractivity contribution in [2.75, 3.05) is 131 Å². The number of rotatable bonds is 41. The number of aliphatic hydroxyl groups is 3. The Bertz CT molecular complexity index is 4850. The number of unbranched alkanes of at least 4 members (excludes halogenated alkanes) is 1. The van der Waals surface area contributed by atoms with E-state index in [4.69, 9.17) is 83.7 Å². The van der Waals surface area contributed by atoms with Gasteiger partial charge in [0.25, 0.3) is 17.7 Å². The number of cyclic esters (lactones) is 1. The Morgan fingerprint density at radius 3 is 2.13 bits per heavy atom. The molecule has 10 rings (SSSR count). The summed E-state index contributed by atoms with van der Waals surface area (Å²) in [5.41, 5.74) is 25.1. The van der Waals surface area contributed by atoms with Crippen LogP contribution in [0.15, 0.2) is 118 Å². The fraction of sp³-hybridized carbons (Fsp3) is 0.617. The van der Waals surface area contributed by atoms with Crippen LogP contribution in [0, 0.1) is 29.6 Å². The van der Waals surface area contributed by atoms with E-state index in [0.717, 1.165) is 23.1 Å². The van der Waals surface area contributed by atoms with Gasteiger partial charge >= 0.3 is 12.1 Å². The molecule has 4 aliphatic rings. The number of carbonyl (C=O) groups excluding carboxylic acids is 7. The molecule has 1 aliphatic carbocycles. The topological polar surface area (TPSA) is 521 Å². The molecule has 0 spiro atoms. The number of nitrogens with one attached hydrogen (secondary N) is 3. The highest BCUT2D eigenvalue weighted by Crippen LogP contribution is 2.40. The summed E-state index contributed by atoms with van der Waals surface area (Å²) in [4.78, 5) is 116. The molecule has 7 heterocycles. The van der Waals surface area contributed by atoms with Gasteiger partial charge in [0.2, 0.25) is 17.6 Å². The van der Waals surface area contributed by atoms with Crippen LogP contribution in [0.1, 0.15) is 162 Å². The second kappa shape index (κ2) is 54.2. The molecule has 133 heavy (non-hydrogen) atoms. The van der Waals surface area contributed by atoms with Crippen molar-refractivity contribution in [1.29, 1.82) is 0 Å². The summed E-state index contributed by atoms with van der Waals surface area (Å²) in [7, 11) is 3.16. The van der Waals surface area contributed by atoms with Gasteiger partial charge in [-0.3, -0.25) is 24.0 Å². The van der Waals surface area contributed by atoms with Crippen LogP contribution in [-0.4, -0.2) is 281 Å². The molecule has 0 unspecified atom stereocenters. The summed E-state index contributed by atoms with van der Waals surface area (Å²) < 4.78 is 72.7. The van der Waals surface area contributed by atoms with Crippen molar-refractivity contribution >= 4 is 81.0 Å². The van der Waals surface area contributed by atoms with Gasteiger partial charge in [-0.25, -0.2) is 28.9 Å². The molecule has 1 saturated carbocycles. The molecular weight excluding hydrogens is 1720 g/mol. The van der Waals surface area contributed by atoms with E-state index in [1.165, 1.54) is 11.2 Å². The quantitative estimate of drug-likeness (QED) is 0.00585. The molecule has 4 aromatic heterocycles. The number of nitrogens with zero attached hydrogens (tertiary/aromatic N) is 10. The van der Waals surface area contributed by atoms with E-state index in [-0.39, 0.29) is 146 Å². The largest absolute Gasteiger partial charge is 0.459 e. The number of fused-ring (bicyclic) bond motifs is 5. The van der Waals surface area contributed by atoms with Crippen LogP contribution in [0.2, 0.25) is 0 Å². The number of aryl methyl sites for hydroxylation is 1. The van der Waals surface area contributed by atoms with E-state index in [2.05, 4.69) is 46.4 Å². The molecule has 3 fully saturated rings. The van der Waals surface area contributed by atoms with Gasteiger partial charge in [0.1, 0.15) is 66.6 Å². The molecule has 2 aromatic carbocycles. The zero-order valence-corrected chi connectivity index (χ0v) is 77.8. The van der Waals surface area contributed by atoms with E-state index in [1.807, 2.05) is 86.7 Å². The summed E-state index contributed by atoms with van der Waals surface area (Å²) in [6, 6.07) is 12.4. The number of ketones is 2. The van der Waals surface area contributed by atoms with E-state index in [1.54, 1.807) is 69.6 Å². The number of methoxy groups -OCH3 is 2. The highest BCUT2D eigenvalue weighted by molar-refractivity contribution is 6.39. The van der Waals surface area contributed by atoms with Gasteiger partial charge in [0.15, 0.2) is 17.0 Å². The number of nitrogens with two attached hydrogens (primary N) is 3. The number of ether oxygens (including phenoxy) is 11. The summed E-state index contributed by atoms with van der Waals surface area (Å²) >= 11 is 0. The number of piperidine rings is 1. The van der Waals surface area contributed by atoms with Crippen LogP contribution in [0.3, 0.4) is 0 Å². The molecule has 730 valence electrons. The van der Waals surface area contributed by atoms with Gasteiger partial charge in [-0.15, -0.1) is 5.10 Å². The Labute approximate surface area is 775 Å². The highest BCUT2D eigenvalue weighted by atomic mass is 16.6. The van der Waals surface area contributed by atoms with Gasteiger partial charge < -0.3 is 115 Å². The zero-order chi connectivity index (χ0) is 95.2. The van der Waals surface area contributed by atoms with E-state index in [9.17, 15) is 44.1 Å². The number of alkyl carbamates (subject to hydrolysis) is 1. The average molecular weight is 1860 g/mol. The van der Waals surface area contributed by atoms with Crippen molar-refractivity contribution in [3.05, 3.63) is 120 Å². The number of Topliss-reactive ketones (excluding diaryl/α,β-unsaturated/α-hetero) is 2. The summed E-state index contributed by atoms with van der Waals surface area (Å²) in [5, 5.41) is 62.7. The molecule has 39 nitrogen and oxygen atoms in total. The van der Waals surface area contributed by atoms with E-state index < -0.39 is 102 Å². The minimum absolute atomic E-state index is 0.0122. The first-order valence-electron chi connectivity index (χ1n) is 46.3. The second-order valence-corrected chi connectivity index (χ2v) is 34.5. The van der Waals surface area contributed by atoms with Crippen molar-refractivity contribution in [1.82, 2.24) is 60.6 Å². The number of carbonyl (C=O) groups is 7. The molecule has 12 N–H and O–H groups in total. The fourth-order valence-corrected chi connectivity index (χ4v) is 16.8. The number of hydrogen-bond donors (Lipinski definition) is 9. The highest BCUT2D eigenvalue weighted by Gasteiger charge is 2.53. The number of anilines is 2.